The van der Waals surface area contributed by atoms with Gasteiger partial charge in [0.1, 0.15) is 11.6 Å². The van der Waals surface area contributed by atoms with Crippen molar-refractivity contribution in [3.05, 3.63) is 70.0 Å². The van der Waals surface area contributed by atoms with Gasteiger partial charge in [-0.05, 0) is 37.6 Å². The first-order valence-electron chi connectivity index (χ1n) is 11.2. The molecule has 3 aromatic heterocycles. The SMILES string of the molecule is CC1CN(c2ccc(CN3CCc4nc(-c5ccncc5)[nH]c(=O)c4C3)cn2)CC(C)O1. The molecule has 32 heavy (non-hydrogen) atoms. The van der Waals surface area contributed by atoms with Gasteiger partial charge in [-0.2, -0.15) is 0 Å². The normalized spacial score (nSPS) is 21.4. The summed E-state index contributed by atoms with van der Waals surface area (Å²) in [6.45, 7) is 8.12. The Balaban J connectivity index is 1.27. The molecule has 0 spiro atoms. The largest absolute Gasteiger partial charge is 0.372 e. The number of H-pyrrole nitrogens is 1. The third-order valence-corrected chi connectivity index (χ3v) is 6.06. The summed E-state index contributed by atoms with van der Waals surface area (Å²) in [5.74, 6) is 1.60. The minimum absolute atomic E-state index is 0.0597. The molecule has 0 amide bonds. The van der Waals surface area contributed by atoms with Crippen LogP contribution in [0.2, 0.25) is 0 Å². The van der Waals surface area contributed by atoms with Crippen molar-refractivity contribution in [1.29, 1.82) is 0 Å². The number of pyridine rings is 2. The van der Waals surface area contributed by atoms with E-state index in [1.165, 1.54) is 0 Å². The van der Waals surface area contributed by atoms with Crippen molar-refractivity contribution in [2.24, 2.45) is 0 Å². The zero-order chi connectivity index (χ0) is 22.1. The highest BCUT2D eigenvalue weighted by molar-refractivity contribution is 5.54. The molecule has 0 saturated carbocycles. The molecular weight excluding hydrogens is 404 g/mol. The first-order chi connectivity index (χ1) is 15.5. The van der Waals surface area contributed by atoms with Crippen LogP contribution in [-0.4, -0.2) is 56.7 Å². The monoisotopic (exact) mass is 432 g/mol. The smallest absolute Gasteiger partial charge is 0.255 e. The lowest BCUT2D eigenvalue weighted by atomic mass is 10.1. The molecule has 0 radical (unpaired) electrons. The fourth-order valence-corrected chi connectivity index (χ4v) is 4.58. The first-order valence-corrected chi connectivity index (χ1v) is 11.2. The summed E-state index contributed by atoms with van der Waals surface area (Å²) in [7, 11) is 0. The second-order valence-corrected chi connectivity index (χ2v) is 8.72. The van der Waals surface area contributed by atoms with Crippen LogP contribution in [-0.2, 0) is 24.2 Å². The van der Waals surface area contributed by atoms with Crippen LogP contribution in [0.25, 0.3) is 11.4 Å². The van der Waals surface area contributed by atoms with Crippen molar-refractivity contribution in [1.82, 2.24) is 24.8 Å². The van der Waals surface area contributed by atoms with Gasteiger partial charge in [0.05, 0.1) is 23.5 Å². The molecule has 0 aliphatic carbocycles. The fourth-order valence-electron chi connectivity index (χ4n) is 4.58. The predicted molar refractivity (Wildman–Crippen MR) is 122 cm³/mol. The average molecular weight is 433 g/mol. The van der Waals surface area contributed by atoms with E-state index in [0.717, 1.165) is 60.8 Å². The molecule has 2 aliphatic rings. The number of aromatic amines is 1. The van der Waals surface area contributed by atoms with Gasteiger partial charge in [-0.3, -0.25) is 14.7 Å². The van der Waals surface area contributed by atoms with Crippen molar-refractivity contribution in [3.8, 4) is 11.4 Å². The van der Waals surface area contributed by atoms with Gasteiger partial charge in [0.25, 0.3) is 5.56 Å². The molecule has 1 saturated heterocycles. The molecule has 2 atom stereocenters. The Kier molecular flexibility index (Phi) is 5.71. The molecule has 5 heterocycles. The lowest BCUT2D eigenvalue weighted by molar-refractivity contribution is -0.00546. The highest BCUT2D eigenvalue weighted by Gasteiger charge is 2.24. The van der Waals surface area contributed by atoms with Gasteiger partial charge in [0.2, 0.25) is 0 Å². The van der Waals surface area contributed by atoms with Crippen LogP contribution in [0.3, 0.4) is 0 Å². The number of morpholine rings is 1. The Labute approximate surface area is 187 Å². The summed E-state index contributed by atoms with van der Waals surface area (Å²) in [5, 5.41) is 0. The van der Waals surface area contributed by atoms with Crippen molar-refractivity contribution >= 4 is 5.82 Å². The van der Waals surface area contributed by atoms with Crippen molar-refractivity contribution in [2.45, 2.75) is 45.6 Å². The number of nitrogens with one attached hydrogen (secondary N) is 1. The summed E-state index contributed by atoms with van der Waals surface area (Å²) in [5.41, 5.74) is 3.60. The number of aromatic nitrogens is 4. The van der Waals surface area contributed by atoms with Crippen LogP contribution in [0.4, 0.5) is 5.82 Å². The fraction of sp³-hybridized carbons (Fsp3) is 0.417. The van der Waals surface area contributed by atoms with Gasteiger partial charge in [0.15, 0.2) is 0 Å². The summed E-state index contributed by atoms with van der Waals surface area (Å²) in [6.07, 6.45) is 6.53. The lowest BCUT2D eigenvalue weighted by Gasteiger charge is -2.36. The Bertz CT molecular complexity index is 1120. The Morgan fingerprint density at radius 2 is 1.91 bits per heavy atom. The van der Waals surface area contributed by atoms with E-state index in [4.69, 9.17) is 14.7 Å². The molecule has 1 fully saturated rings. The number of rotatable bonds is 4. The zero-order valence-electron chi connectivity index (χ0n) is 18.5. The predicted octanol–water partition coefficient (Wildman–Crippen LogP) is 2.40. The molecule has 5 rings (SSSR count). The average Bonchev–Trinajstić information content (AvgIpc) is 2.80. The molecule has 3 aromatic rings. The summed E-state index contributed by atoms with van der Waals surface area (Å²) < 4.78 is 5.82. The second kappa shape index (κ2) is 8.80. The number of hydrogen-bond acceptors (Lipinski definition) is 7. The van der Waals surface area contributed by atoms with E-state index < -0.39 is 0 Å². The number of ether oxygens (including phenoxy) is 1. The third-order valence-electron chi connectivity index (χ3n) is 6.06. The minimum Gasteiger partial charge on any atom is -0.372 e. The second-order valence-electron chi connectivity index (χ2n) is 8.72. The van der Waals surface area contributed by atoms with Crippen LogP contribution in [0.1, 0.15) is 30.7 Å². The molecule has 166 valence electrons. The number of fused-ring (bicyclic) bond motifs is 1. The number of nitrogens with zero attached hydrogens (tertiary/aromatic N) is 5. The molecule has 0 bridgehead atoms. The molecule has 2 aliphatic heterocycles. The molecule has 1 N–H and O–H groups in total. The summed E-state index contributed by atoms with van der Waals surface area (Å²) in [6, 6.07) is 7.94. The number of anilines is 1. The van der Waals surface area contributed by atoms with Crippen LogP contribution >= 0.6 is 0 Å². The molecule has 0 aromatic carbocycles. The van der Waals surface area contributed by atoms with Crippen LogP contribution in [0.5, 0.6) is 0 Å². The minimum atomic E-state index is -0.0597. The van der Waals surface area contributed by atoms with E-state index in [9.17, 15) is 4.79 Å². The Morgan fingerprint density at radius 1 is 1.12 bits per heavy atom. The van der Waals surface area contributed by atoms with Crippen LogP contribution in [0, 0.1) is 0 Å². The first kappa shape index (κ1) is 20.8. The van der Waals surface area contributed by atoms with Gasteiger partial charge in [-0.25, -0.2) is 9.97 Å². The highest BCUT2D eigenvalue weighted by Crippen LogP contribution is 2.21. The Hall–Kier alpha value is -3.10. The molecule has 8 nitrogen and oxygen atoms in total. The van der Waals surface area contributed by atoms with Crippen molar-refractivity contribution in [2.75, 3.05) is 24.5 Å². The van der Waals surface area contributed by atoms with Crippen molar-refractivity contribution < 1.29 is 4.74 Å². The molecule has 8 heteroatoms. The maximum Gasteiger partial charge on any atom is 0.255 e. The topological polar surface area (TPSA) is 87.2 Å². The van der Waals surface area contributed by atoms with E-state index in [1.54, 1.807) is 12.4 Å². The van der Waals surface area contributed by atoms with E-state index in [-0.39, 0.29) is 17.8 Å². The quantitative estimate of drug-likeness (QED) is 0.677. The highest BCUT2D eigenvalue weighted by atomic mass is 16.5. The zero-order valence-corrected chi connectivity index (χ0v) is 18.5. The van der Waals surface area contributed by atoms with Gasteiger partial charge < -0.3 is 14.6 Å². The standard InChI is InChI=1S/C24H28N6O2/c1-16-12-30(13-17(2)32-16)22-4-3-18(11-26-22)14-29-10-7-21-20(15-29)24(31)28-23(27-21)19-5-8-25-9-6-19/h3-6,8-9,11,16-17H,7,10,12-15H2,1-2H3,(H,27,28,31). The maximum atomic E-state index is 12.8. The van der Waals surface area contributed by atoms with Crippen LogP contribution in [0.15, 0.2) is 47.7 Å². The van der Waals surface area contributed by atoms with Gasteiger partial charge in [-0.15, -0.1) is 0 Å². The lowest BCUT2D eigenvalue weighted by Crippen LogP contribution is -2.45. The van der Waals surface area contributed by atoms with E-state index in [2.05, 4.69) is 45.7 Å². The van der Waals surface area contributed by atoms with Gasteiger partial charge >= 0.3 is 0 Å². The maximum absolute atomic E-state index is 12.8. The van der Waals surface area contributed by atoms with E-state index >= 15 is 0 Å². The van der Waals surface area contributed by atoms with Crippen molar-refractivity contribution in [3.63, 3.8) is 0 Å². The molecule has 2 unspecified atom stereocenters. The third kappa shape index (κ3) is 4.42. The molecular formula is C24H28N6O2. The summed E-state index contributed by atoms with van der Waals surface area (Å²) in [4.78, 5) is 33.7. The number of hydrogen-bond donors (Lipinski definition) is 1. The van der Waals surface area contributed by atoms with Crippen LogP contribution < -0.4 is 10.5 Å². The van der Waals surface area contributed by atoms with E-state index in [1.807, 2.05) is 18.3 Å². The summed E-state index contributed by atoms with van der Waals surface area (Å²) >= 11 is 0. The van der Waals surface area contributed by atoms with Gasteiger partial charge in [0, 0.05) is 63.3 Å². The van der Waals surface area contributed by atoms with E-state index in [0.29, 0.717) is 12.4 Å². The Morgan fingerprint density at radius 3 is 2.62 bits per heavy atom. The van der Waals surface area contributed by atoms with Gasteiger partial charge in [-0.1, -0.05) is 6.07 Å².